The van der Waals surface area contributed by atoms with Gasteiger partial charge in [0.05, 0.1) is 0 Å². The third-order valence-corrected chi connectivity index (χ3v) is 3.53. The number of hydrogen-bond donors (Lipinski definition) is 3. The Morgan fingerprint density at radius 2 is 2.00 bits per heavy atom. The van der Waals surface area contributed by atoms with Gasteiger partial charge >= 0.3 is 0 Å². The van der Waals surface area contributed by atoms with Crippen molar-refractivity contribution in [2.45, 2.75) is 25.8 Å². The van der Waals surface area contributed by atoms with Crippen LogP contribution in [0.25, 0.3) is 0 Å². The molecular formula is C14H22N2O2. The van der Waals surface area contributed by atoms with Crippen LogP contribution in [0, 0.1) is 0 Å². The SMILES string of the molecule is CCC[C@@H](c1ccc(O)cc1O)N1CCNCC1. The molecule has 0 saturated carbocycles. The van der Waals surface area contributed by atoms with Crippen LogP contribution in [0.4, 0.5) is 0 Å². The molecule has 1 aromatic carbocycles. The minimum absolute atomic E-state index is 0.117. The molecule has 0 radical (unpaired) electrons. The van der Waals surface area contributed by atoms with E-state index in [2.05, 4.69) is 17.1 Å². The standard InChI is InChI=1S/C14H22N2O2/c1-2-3-13(16-8-6-15-7-9-16)12-5-4-11(17)10-14(12)18/h4-5,10,13,15,17-18H,2-3,6-9H2,1H3/t13-/m0/s1. The monoisotopic (exact) mass is 250 g/mol. The van der Waals surface area contributed by atoms with Gasteiger partial charge in [-0.15, -0.1) is 0 Å². The molecule has 1 fully saturated rings. The van der Waals surface area contributed by atoms with E-state index in [1.54, 1.807) is 6.07 Å². The van der Waals surface area contributed by atoms with E-state index in [-0.39, 0.29) is 17.5 Å². The second-order valence-electron chi connectivity index (χ2n) is 4.83. The van der Waals surface area contributed by atoms with Gasteiger partial charge in [0.2, 0.25) is 0 Å². The largest absolute Gasteiger partial charge is 0.508 e. The zero-order valence-corrected chi connectivity index (χ0v) is 10.9. The van der Waals surface area contributed by atoms with Crippen LogP contribution in [0.1, 0.15) is 31.4 Å². The lowest BCUT2D eigenvalue weighted by Crippen LogP contribution is -2.45. The van der Waals surface area contributed by atoms with E-state index in [1.807, 2.05) is 6.07 Å². The number of nitrogens with one attached hydrogen (secondary N) is 1. The van der Waals surface area contributed by atoms with Crippen LogP contribution < -0.4 is 5.32 Å². The van der Waals surface area contributed by atoms with Crippen LogP contribution in [0.3, 0.4) is 0 Å². The summed E-state index contributed by atoms with van der Waals surface area (Å²) in [5.41, 5.74) is 0.927. The van der Waals surface area contributed by atoms with Crippen molar-refractivity contribution in [3.05, 3.63) is 23.8 Å². The highest BCUT2D eigenvalue weighted by Crippen LogP contribution is 2.34. The number of rotatable bonds is 4. The van der Waals surface area contributed by atoms with E-state index >= 15 is 0 Å². The molecular weight excluding hydrogens is 228 g/mol. The van der Waals surface area contributed by atoms with Crippen molar-refractivity contribution in [2.24, 2.45) is 0 Å². The molecule has 0 unspecified atom stereocenters. The molecule has 1 aliphatic heterocycles. The van der Waals surface area contributed by atoms with Crippen molar-refractivity contribution in [1.29, 1.82) is 0 Å². The van der Waals surface area contributed by atoms with Gasteiger partial charge in [-0.3, -0.25) is 4.90 Å². The number of piperazine rings is 1. The molecule has 1 atom stereocenters. The second-order valence-corrected chi connectivity index (χ2v) is 4.83. The Kier molecular flexibility index (Phi) is 4.44. The molecule has 0 aliphatic carbocycles. The van der Waals surface area contributed by atoms with Gasteiger partial charge in [-0.05, 0) is 12.5 Å². The van der Waals surface area contributed by atoms with Gasteiger partial charge in [-0.25, -0.2) is 0 Å². The first-order chi connectivity index (χ1) is 8.72. The molecule has 0 aromatic heterocycles. The number of hydrogen-bond acceptors (Lipinski definition) is 4. The number of phenols is 2. The maximum absolute atomic E-state index is 10.0. The van der Waals surface area contributed by atoms with Crippen molar-refractivity contribution < 1.29 is 10.2 Å². The van der Waals surface area contributed by atoms with E-state index in [0.717, 1.165) is 44.6 Å². The summed E-state index contributed by atoms with van der Waals surface area (Å²) in [6.07, 6.45) is 2.10. The number of benzene rings is 1. The van der Waals surface area contributed by atoms with E-state index < -0.39 is 0 Å². The Balaban J connectivity index is 2.22. The lowest BCUT2D eigenvalue weighted by atomic mass is 9.98. The minimum atomic E-state index is 0.117. The number of aromatic hydroxyl groups is 2. The Labute approximate surface area is 108 Å². The van der Waals surface area contributed by atoms with E-state index in [4.69, 9.17) is 0 Å². The van der Waals surface area contributed by atoms with Crippen LogP contribution in [0.15, 0.2) is 18.2 Å². The first-order valence-corrected chi connectivity index (χ1v) is 6.69. The van der Waals surface area contributed by atoms with Gasteiger partial charge in [0, 0.05) is 43.9 Å². The van der Waals surface area contributed by atoms with Gasteiger partial charge in [0.1, 0.15) is 11.5 Å². The quantitative estimate of drug-likeness (QED) is 0.763. The van der Waals surface area contributed by atoms with E-state index in [1.165, 1.54) is 6.07 Å². The highest BCUT2D eigenvalue weighted by molar-refractivity contribution is 5.40. The first kappa shape index (κ1) is 13.2. The molecule has 0 bridgehead atoms. The zero-order chi connectivity index (χ0) is 13.0. The Morgan fingerprint density at radius 3 is 2.61 bits per heavy atom. The molecule has 1 aromatic rings. The molecule has 0 spiro atoms. The third-order valence-electron chi connectivity index (χ3n) is 3.53. The van der Waals surface area contributed by atoms with Crippen molar-refractivity contribution in [2.75, 3.05) is 26.2 Å². The summed E-state index contributed by atoms with van der Waals surface area (Å²) >= 11 is 0. The van der Waals surface area contributed by atoms with Crippen molar-refractivity contribution in [3.8, 4) is 11.5 Å². The fraction of sp³-hybridized carbons (Fsp3) is 0.571. The van der Waals surface area contributed by atoms with Gasteiger partial charge < -0.3 is 15.5 Å². The summed E-state index contributed by atoms with van der Waals surface area (Å²) in [5.74, 6) is 0.318. The van der Waals surface area contributed by atoms with Gasteiger partial charge in [-0.1, -0.05) is 19.4 Å². The number of nitrogens with zero attached hydrogens (tertiary/aromatic N) is 1. The summed E-state index contributed by atoms with van der Waals surface area (Å²) in [4.78, 5) is 2.41. The van der Waals surface area contributed by atoms with Gasteiger partial charge in [0.25, 0.3) is 0 Å². The fourth-order valence-electron chi connectivity index (χ4n) is 2.62. The summed E-state index contributed by atoms with van der Waals surface area (Å²) in [6.45, 7) is 6.17. The average Bonchev–Trinajstić information content (AvgIpc) is 2.38. The zero-order valence-electron chi connectivity index (χ0n) is 10.9. The summed E-state index contributed by atoms with van der Waals surface area (Å²) in [6, 6.07) is 5.17. The van der Waals surface area contributed by atoms with Crippen LogP contribution in [0.2, 0.25) is 0 Å². The molecule has 1 heterocycles. The third kappa shape index (κ3) is 2.94. The minimum Gasteiger partial charge on any atom is -0.508 e. The van der Waals surface area contributed by atoms with Gasteiger partial charge in [0.15, 0.2) is 0 Å². The average molecular weight is 250 g/mol. The van der Waals surface area contributed by atoms with Crippen LogP contribution in [-0.4, -0.2) is 41.3 Å². The molecule has 3 N–H and O–H groups in total. The molecule has 1 aliphatic rings. The lowest BCUT2D eigenvalue weighted by molar-refractivity contribution is 0.162. The second kappa shape index (κ2) is 6.07. The van der Waals surface area contributed by atoms with E-state index in [9.17, 15) is 10.2 Å². The molecule has 2 rings (SSSR count). The predicted molar refractivity (Wildman–Crippen MR) is 71.9 cm³/mol. The van der Waals surface area contributed by atoms with Crippen molar-refractivity contribution in [1.82, 2.24) is 10.2 Å². The Hall–Kier alpha value is -1.26. The van der Waals surface area contributed by atoms with Crippen LogP contribution in [0.5, 0.6) is 11.5 Å². The molecule has 18 heavy (non-hydrogen) atoms. The highest BCUT2D eigenvalue weighted by Gasteiger charge is 2.23. The smallest absolute Gasteiger partial charge is 0.124 e. The topological polar surface area (TPSA) is 55.7 Å². The summed E-state index contributed by atoms with van der Waals surface area (Å²) in [7, 11) is 0. The Bertz CT molecular complexity index is 389. The predicted octanol–water partition coefficient (Wildman–Crippen LogP) is 1.84. The molecule has 4 heteroatoms. The molecule has 1 saturated heterocycles. The number of phenolic OH excluding ortho intramolecular Hbond substituents is 2. The maximum atomic E-state index is 10.0. The van der Waals surface area contributed by atoms with Gasteiger partial charge in [-0.2, -0.15) is 0 Å². The Morgan fingerprint density at radius 1 is 1.28 bits per heavy atom. The maximum Gasteiger partial charge on any atom is 0.124 e. The van der Waals surface area contributed by atoms with E-state index in [0.29, 0.717) is 0 Å². The normalized spacial score (nSPS) is 18.7. The molecule has 100 valence electrons. The van der Waals surface area contributed by atoms with Crippen LogP contribution in [-0.2, 0) is 0 Å². The summed E-state index contributed by atoms with van der Waals surface area (Å²) < 4.78 is 0. The summed E-state index contributed by atoms with van der Waals surface area (Å²) in [5, 5.41) is 22.7. The highest BCUT2D eigenvalue weighted by atomic mass is 16.3. The molecule has 0 amide bonds. The van der Waals surface area contributed by atoms with Crippen molar-refractivity contribution in [3.63, 3.8) is 0 Å². The molecule has 4 nitrogen and oxygen atoms in total. The van der Waals surface area contributed by atoms with Crippen LogP contribution >= 0.6 is 0 Å². The fourth-order valence-corrected chi connectivity index (χ4v) is 2.62. The lowest BCUT2D eigenvalue weighted by Gasteiger charge is -2.35. The van der Waals surface area contributed by atoms with Crippen molar-refractivity contribution >= 4 is 0 Å². The first-order valence-electron chi connectivity index (χ1n) is 6.69.